The highest BCUT2D eigenvalue weighted by Crippen LogP contribution is 2.28. The lowest BCUT2D eigenvalue weighted by Gasteiger charge is -2.09. The molecule has 0 aromatic heterocycles. The Morgan fingerprint density at radius 2 is 1.83 bits per heavy atom. The van der Waals surface area contributed by atoms with Crippen molar-refractivity contribution in [1.29, 1.82) is 5.26 Å². The minimum Gasteiger partial charge on any atom is -0.493 e. The van der Waals surface area contributed by atoms with Crippen LogP contribution in [0.2, 0.25) is 0 Å². The van der Waals surface area contributed by atoms with E-state index < -0.39 is 5.91 Å². The maximum absolute atomic E-state index is 12.3. The van der Waals surface area contributed by atoms with Crippen molar-refractivity contribution in [1.82, 2.24) is 0 Å². The first kappa shape index (κ1) is 17.1. The van der Waals surface area contributed by atoms with E-state index in [-0.39, 0.29) is 5.57 Å². The number of hydrogen-bond acceptors (Lipinski definition) is 4. The number of aryl methyl sites for hydroxylation is 1. The summed E-state index contributed by atoms with van der Waals surface area (Å²) in [6.07, 6.45) is 1.51. The van der Waals surface area contributed by atoms with Crippen molar-refractivity contribution in [2.75, 3.05) is 19.5 Å². The van der Waals surface area contributed by atoms with E-state index in [1.807, 2.05) is 31.2 Å². The summed E-state index contributed by atoms with van der Waals surface area (Å²) in [7, 11) is 3.07. The van der Waals surface area contributed by atoms with Crippen molar-refractivity contribution >= 4 is 17.7 Å². The molecule has 5 heteroatoms. The van der Waals surface area contributed by atoms with Crippen molar-refractivity contribution in [3.8, 4) is 17.6 Å². The van der Waals surface area contributed by atoms with Crippen LogP contribution in [0, 0.1) is 18.3 Å². The normalized spacial score (nSPS) is 10.7. The number of nitriles is 1. The number of rotatable bonds is 5. The molecule has 0 aliphatic rings. The fraction of sp³-hybridized carbons (Fsp3) is 0.158. The summed E-state index contributed by atoms with van der Waals surface area (Å²) in [5, 5.41) is 12.0. The molecule has 2 rings (SSSR count). The SMILES string of the molecule is COc1ccc(/C=C(\C#N)C(=O)Nc2ccccc2C)cc1OC. The third kappa shape index (κ3) is 3.93. The molecule has 1 amide bonds. The molecule has 0 saturated heterocycles. The van der Waals surface area contributed by atoms with Crippen LogP contribution in [-0.2, 0) is 4.79 Å². The lowest BCUT2D eigenvalue weighted by molar-refractivity contribution is -0.112. The molecule has 0 aliphatic carbocycles. The molecule has 0 heterocycles. The summed E-state index contributed by atoms with van der Waals surface area (Å²) in [4.78, 5) is 12.3. The number of methoxy groups -OCH3 is 2. The minimum absolute atomic E-state index is 0.00507. The van der Waals surface area contributed by atoms with Gasteiger partial charge >= 0.3 is 0 Å². The summed E-state index contributed by atoms with van der Waals surface area (Å²) in [6.45, 7) is 1.89. The number of nitrogens with zero attached hydrogens (tertiary/aromatic N) is 1. The standard InChI is InChI=1S/C19H18N2O3/c1-13-6-4-5-7-16(13)21-19(22)15(12-20)10-14-8-9-17(23-2)18(11-14)24-3/h4-11H,1-3H3,(H,21,22)/b15-10+. The van der Waals surface area contributed by atoms with Gasteiger partial charge < -0.3 is 14.8 Å². The second-order valence-electron chi connectivity index (χ2n) is 5.05. The topological polar surface area (TPSA) is 71.3 Å². The fourth-order valence-electron chi connectivity index (χ4n) is 2.16. The number of para-hydroxylation sites is 1. The third-order valence-electron chi connectivity index (χ3n) is 3.48. The molecule has 0 bridgehead atoms. The van der Waals surface area contributed by atoms with Crippen LogP contribution in [0.3, 0.4) is 0 Å². The predicted octanol–water partition coefficient (Wildman–Crippen LogP) is 3.56. The lowest BCUT2D eigenvalue weighted by Crippen LogP contribution is -2.14. The first-order valence-corrected chi connectivity index (χ1v) is 7.30. The molecule has 0 saturated carbocycles. The van der Waals surface area contributed by atoms with E-state index in [0.717, 1.165) is 5.56 Å². The van der Waals surface area contributed by atoms with Gasteiger partial charge in [0.05, 0.1) is 14.2 Å². The van der Waals surface area contributed by atoms with Gasteiger partial charge in [-0.2, -0.15) is 5.26 Å². The first-order chi connectivity index (χ1) is 11.6. The number of ether oxygens (including phenoxy) is 2. The Kier molecular flexibility index (Phi) is 5.58. The third-order valence-corrected chi connectivity index (χ3v) is 3.48. The van der Waals surface area contributed by atoms with Crippen molar-refractivity contribution < 1.29 is 14.3 Å². The van der Waals surface area contributed by atoms with Crippen molar-refractivity contribution in [3.05, 3.63) is 59.2 Å². The molecule has 0 unspecified atom stereocenters. The zero-order chi connectivity index (χ0) is 17.5. The van der Waals surface area contributed by atoms with Gasteiger partial charge in [0.15, 0.2) is 11.5 Å². The second-order valence-corrected chi connectivity index (χ2v) is 5.05. The summed E-state index contributed by atoms with van der Waals surface area (Å²) in [5.41, 5.74) is 2.28. The molecule has 2 aromatic rings. The monoisotopic (exact) mass is 322 g/mol. The molecule has 0 fully saturated rings. The number of hydrogen-bond donors (Lipinski definition) is 1. The first-order valence-electron chi connectivity index (χ1n) is 7.30. The molecule has 0 atom stereocenters. The average Bonchev–Trinajstić information content (AvgIpc) is 2.61. The van der Waals surface area contributed by atoms with Crippen molar-refractivity contribution in [3.63, 3.8) is 0 Å². The molecule has 122 valence electrons. The highest BCUT2D eigenvalue weighted by atomic mass is 16.5. The Bertz CT molecular complexity index is 820. The number of amides is 1. The maximum Gasteiger partial charge on any atom is 0.266 e. The quantitative estimate of drug-likeness (QED) is 0.675. The van der Waals surface area contributed by atoms with Gasteiger partial charge in [0.2, 0.25) is 0 Å². The van der Waals surface area contributed by atoms with Crippen LogP contribution in [0.15, 0.2) is 48.0 Å². The van der Waals surface area contributed by atoms with E-state index in [4.69, 9.17) is 9.47 Å². The van der Waals surface area contributed by atoms with Gasteiger partial charge in [-0.1, -0.05) is 24.3 Å². The molecule has 24 heavy (non-hydrogen) atoms. The van der Waals surface area contributed by atoms with Gasteiger partial charge in [-0.05, 0) is 42.3 Å². The van der Waals surface area contributed by atoms with Crippen LogP contribution in [0.1, 0.15) is 11.1 Å². The van der Waals surface area contributed by atoms with Crippen LogP contribution in [0.4, 0.5) is 5.69 Å². The van der Waals surface area contributed by atoms with Gasteiger partial charge in [-0.3, -0.25) is 4.79 Å². The number of carbonyl (C=O) groups excluding carboxylic acids is 1. The molecule has 1 N–H and O–H groups in total. The molecule has 0 aliphatic heterocycles. The molecule has 0 spiro atoms. The van der Waals surface area contributed by atoms with E-state index in [1.165, 1.54) is 13.2 Å². The predicted molar refractivity (Wildman–Crippen MR) is 92.9 cm³/mol. The second kappa shape index (κ2) is 7.84. The zero-order valence-corrected chi connectivity index (χ0v) is 13.8. The highest BCUT2D eigenvalue weighted by molar-refractivity contribution is 6.10. The zero-order valence-electron chi connectivity index (χ0n) is 13.8. The summed E-state index contributed by atoms with van der Waals surface area (Å²) in [6, 6.07) is 14.5. The van der Waals surface area contributed by atoms with Crippen LogP contribution in [-0.4, -0.2) is 20.1 Å². The van der Waals surface area contributed by atoms with E-state index in [0.29, 0.717) is 22.7 Å². The van der Waals surface area contributed by atoms with Gasteiger partial charge in [0.25, 0.3) is 5.91 Å². The van der Waals surface area contributed by atoms with E-state index >= 15 is 0 Å². The fourth-order valence-corrected chi connectivity index (χ4v) is 2.16. The summed E-state index contributed by atoms with van der Waals surface area (Å²) < 4.78 is 10.4. The van der Waals surface area contributed by atoms with Gasteiger partial charge in [-0.15, -0.1) is 0 Å². The van der Waals surface area contributed by atoms with E-state index in [1.54, 1.807) is 31.4 Å². The number of carbonyl (C=O) groups is 1. The van der Waals surface area contributed by atoms with Crippen molar-refractivity contribution in [2.24, 2.45) is 0 Å². The Labute approximate surface area is 141 Å². The highest BCUT2D eigenvalue weighted by Gasteiger charge is 2.11. The van der Waals surface area contributed by atoms with E-state index in [9.17, 15) is 10.1 Å². The molecular formula is C19H18N2O3. The van der Waals surface area contributed by atoms with Crippen LogP contribution in [0.25, 0.3) is 6.08 Å². The maximum atomic E-state index is 12.3. The summed E-state index contributed by atoms with van der Waals surface area (Å²) in [5.74, 6) is 0.655. The molecule has 0 radical (unpaired) electrons. The average molecular weight is 322 g/mol. The molecule has 5 nitrogen and oxygen atoms in total. The Morgan fingerprint density at radius 1 is 1.12 bits per heavy atom. The Hall–Kier alpha value is -3.26. The smallest absolute Gasteiger partial charge is 0.266 e. The Balaban J connectivity index is 2.27. The number of nitrogens with one attached hydrogen (secondary N) is 1. The van der Waals surface area contributed by atoms with Crippen LogP contribution < -0.4 is 14.8 Å². The largest absolute Gasteiger partial charge is 0.493 e. The van der Waals surface area contributed by atoms with E-state index in [2.05, 4.69) is 5.32 Å². The number of benzene rings is 2. The summed E-state index contributed by atoms with van der Waals surface area (Å²) >= 11 is 0. The van der Waals surface area contributed by atoms with Crippen molar-refractivity contribution in [2.45, 2.75) is 6.92 Å². The number of anilines is 1. The molecule has 2 aromatic carbocycles. The Morgan fingerprint density at radius 3 is 2.46 bits per heavy atom. The van der Waals surface area contributed by atoms with Gasteiger partial charge in [-0.25, -0.2) is 0 Å². The lowest BCUT2D eigenvalue weighted by atomic mass is 10.1. The van der Waals surface area contributed by atoms with Crippen LogP contribution >= 0.6 is 0 Å². The van der Waals surface area contributed by atoms with Crippen LogP contribution in [0.5, 0.6) is 11.5 Å². The van der Waals surface area contributed by atoms with Gasteiger partial charge in [0.1, 0.15) is 11.6 Å². The molecular weight excluding hydrogens is 304 g/mol. The minimum atomic E-state index is -0.457. The van der Waals surface area contributed by atoms with Gasteiger partial charge in [0, 0.05) is 5.69 Å².